The molecule has 2 rings (SSSR count). The van der Waals surface area contributed by atoms with Crippen LogP contribution in [0, 0.1) is 18.3 Å². The van der Waals surface area contributed by atoms with Crippen LogP contribution < -0.4 is 0 Å². The maximum absolute atomic E-state index is 9.26. The Morgan fingerprint density at radius 1 is 1.20 bits per heavy atom. The molecule has 0 unspecified atom stereocenters. The van der Waals surface area contributed by atoms with Crippen LogP contribution in [0.3, 0.4) is 0 Å². The van der Waals surface area contributed by atoms with Gasteiger partial charge < -0.3 is 0 Å². The van der Waals surface area contributed by atoms with Gasteiger partial charge in [0.15, 0.2) is 0 Å². The Balaban J connectivity index is 2.14. The second kappa shape index (κ2) is 4.28. The third-order valence-electron chi connectivity index (χ3n) is 2.95. The molecule has 0 aliphatic heterocycles. The van der Waals surface area contributed by atoms with Crippen molar-refractivity contribution in [1.29, 1.82) is 5.26 Å². The molecule has 15 heavy (non-hydrogen) atoms. The third kappa shape index (κ3) is 2.35. The molecule has 0 saturated heterocycles. The minimum absolute atomic E-state index is 0.144. The Labute approximate surface area is 95.5 Å². The fraction of sp³-hybridized carbons (Fsp3) is 0.462. The number of nitrogens with zero attached hydrogens (tertiary/aromatic N) is 1. The molecule has 0 radical (unpaired) electrons. The Morgan fingerprint density at radius 2 is 1.80 bits per heavy atom. The van der Waals surface area contributed by atoms with Crippen LogP contribution in [-0.2, 0) is 0 Å². The normalized spacial score (nSPS) is 18.7. The van der Waals surface area contributed by atoms with Crippen molar-refractivity contribution >= 4 is 11.8 Å². The molecule has 0 amide bonds. The van der Waals surface area contributed by atoms with Crippen molar-refractivity contribution in [3.8, 4) is 6.07 Å². The summed E-state index contributed by atoms with van der Waals surface area (Å²) in [6, 6.07) is 11.0. The number of hydrogen-bond acceptors (Lipinski definition) is 2. The monoisotopic (exact) mass is 217 g/mol. The minimum Gasteiger partial charge on any atom is -0.197 e. The van der Waals surface area contributed by atoms with Crippen LogP contribution in [0.4, 0.5) is 0 Å². The van der Waals surface area contributed by atoms with E-state index in [2.05, 4.69) is 37.3 Å². The summed E-state index contributed by atoms with van der Waals surface area (Å²) in [6.45, 7) is 2.09. The van der Waals surface area contributed by atoms with E-state index in [1.807, 2.05) is 0 Å². The molecule has 1 saturated carbocycles. The zero-order valence-electron chi connectivity index (χ0n) is 8.99. The standard InChI is InChI=1S/C13H15NS/c1-11-4-6-12(7-5-11)15-13(10-14)8-2-3-9-13/h4-7H,2-3,8-9H2,1H3. The van der Waals surface area contributed by atoms with Crippen LogP contribution in [0.5, 0.6) is 0 Å². The molecule has 1 aliphatic rings. The van der Waals surface area contributed by atoms with Gasteiger partial charge >= 0.3 is 0 Å². The lowest BCUT2D eigenvalue weighted by Crippen LogP contribution is -2.16. The SMILES string of the molecule is Cc1ccc(SC2(C#N)CCCC2)cc1. The zero-order valence-corrected chi connectivity index (χ0v) is 9.81. The molecule has 1 nitrogen and oxygen atoms in total. The number of nitriles is 1. The van der Waals surface area contributed by atoms with Gasteiger partial charge in [-0.1, -0.05) is 30.5 Å². The highest BCUT2D eigenvalue weighted by molar-refractivity contribution is 8.01. The summed E-state index contributed by atoms with van der Waals surface area (Å²) in [5, 5.41) is 9.26. The Kier molecular flexibility index (Phi) is 3.02. The maximum Gasteiger partial charge on any atom is 0.107 e. The molecule has 0 heterocycles. The van der Waals surface area contributed by atoms with Crippen LogP contribution in [0.2, 0.25) is 0 Å². The summed E-state index contributed by atoms with van der Waals surface area (Å²) in [7, 11) is 0. The van der Waals surface area contributed by atoms with Gasteiger partial charge in [0.25, 0.3) is 0 Å². The Bertz CT molecular complexity index is 369. The highest BCUT2D eigenvalue weighted by Crippen LogP contribution is 2.44. The summed E-state index contributed by atoms with van der Waals surface area (Å²) in [5.74, 6) is 0. The maximum atomic E-state index is 9.26. The van der Waals surface area contributed by atoms with Gasteiger partial charge in [-0.3, -0.25) is 0 Å². The van der Waals surface area contributed by atoms with Crippen LogP contribution >= 0.6 is 11.8 Å². The molecule has 0 spiro atoms. The van der Waals surface area contributed by atoms with Crippen molar-refractivity contribution in [3.63, 3.8) is 0 Å². The smallest absolute Gasteiger partial charge is 0.107 e. The highest BCUT2D eigenvalue weighted by Gasteiger charge is 2.34. The number of benzene rings is 1. The van der Waals surface area contributed by atoms with E-state index in [1.54, 1.807) is 11.8 Å². The molecule has 1 aromatic carbocycles. The van der Waals surface area contributed by atoms with Crippen LogP contribution in [0.15, 0.2) is 29.2 Å². The number of thioether (sulfide) groups is 1. The second-order valence-electron chi connectivity index (χ2n) is 4.23. The van der Waals surface area contributed by atoms with Crippen LogP contribution in [-0.4, -0.2) is 4.75 Å². The largest absolute Gasteiger partial charge is 0.197 e. The van der Waals surface area contributed by atoms with Gasteiger partial charge in [-0.2, -0.15) is 5.26 Å². The van der Waals surface area contributed by atoms with Gasteiger partial charge in [-0.25, -0.2) is 0 Å². The average molecular weight is 217 g/mol. The molecule has 1 aliphatic carbocycles. The number of rotatable bonds is 2. The molecule has 1 fully saturated rings. The fourth-order valence-corrected chi connectivity index (χ4v) is 3.28. The lowest BCUT2D eigenvalue weighted by atomic mass is 10.1. The van der Waals surface area contributed by atoms with Crippen molar-refractivity contribution in [2.24, 2.45) is 0 Å². The van der Waals surface area contributed by atoms with E-state index in [0.717, 1.165) is 12.8 Å². The first-order valence-electron chi connectivity index (χ1n) is 5.41. The molecule has 0 N–H and O–H groups in total. The summed E-state index contributed by atoms with van der Waals surface area (Å²) >= 11 is 1.75. The molecular formula is C13H15NS. The summed E-state index contributed by atoms with van der Waals surface area (Å²) in [4.78, 5) is 1.23. The fourth-order valence-electron chi connectivity index (χ4n) is 2.01. The quantitative estimate of drug-likeness (QED) is 0.749. The van der Waals surface area contributed by atoms with Crippen LogP contribution in [0.1, 0.15) is 31.2 Å². The van der Waals surface area contributed by atoms with Crippen molar-refractivity contribution in [2.75, 3.05) is 0 Å². The lowest BCUT2D eigenvalue weighted by molar-refractivity contribution is 0.759. The average Bonchev–Trinajstić information content (AvgIpc) is 2.71. The first kappa shape index (κ1) is 10.6. The Morgan fingerprint density at radius 3 is 2.33 bits per heavy atom. The lowest BCUT2D eigenvalue weighted by Gasteiger charge is -2.19. The summed E-state index contributed by atoms with van der Waals surface area (Å²) in [6.07, 6.45) is 4.49. The van der Waals surface area contributed by atoms with Crippen molar-refractivity contribution in [1.82, 2.24) is 0 Å². The minimum atomic E-state index is -0.144. The van der Waals surface area contributed by atoms with E-state index < -0.39 is 0 Å². The summed E-state index contributed by atoms with van der Waals surface area (Å²) < 4.78 is -0.144. The van der Waals surface area contributed by atoms with Gasteiger partial charge in [0.1, 0.15) is 4.75 Å². The molecule has 0 aromatic heterocycles. The van der Waals surface area contributed by atoms with Crippen molar-refractivity contribution < 1.29 is 0 Å². The van der Waals surface area contributed by atoms with Gasteiger partial charge in [0.05, 0.1) is 6.07 Å². The number of aryl methyl sites for hydroxylation is 1. The Hall–Kier alpha value is -0.940. The molecule has 0 bridgehead atoms. The van der Waals surface area contributed by atoms with Gasteiger partial charge in [0.2, 0.25) is 0 Å². The second-order valence-corrected chi connectivity index (χ2v) is 5.69. The molecule has 1 aromatic rings. The first-order valence-corrected chi connectivity index (χ1v) is 6.23. The van der Waals surface area contributed by atoms with E-state index in [4.69, 9.17) is 0 Å². The molecule has 78 valence electrons. The first-order chi connectivity index (χ1) is 7.24. The predicted molar refractivity (Wildman–Crippen MR) is 63.8 cm³/mol. The summed E-state index contributed by atoms with van der Waals surface area (Å²) in [5.41, 5.74) is 1.27. The molecule has 2 heteroatoms. The highest BCUT2D eigenvalue weighted by atomic mass is 32.2. The van der Waals surface area contributed by atoms with E-state index in [-0.39, 0.29) is 4.75 Å². The van der Waals surface area contributed by atoms with E-state index >= 15 is 0 Å². The van der Waals surface area contributed by atoms with Crippen molar-refractivity contribution in [3.05, 3.63) is 29.8 Å². The van der Waals surface area contributed by atoms with Gasteiger partial charge in [0, 0.05) is 4.90 Å². The van der Waals surface area contributed by atoms with E-state index in [9.17, 15) is 5.26 Å². The zero-order chi connectivity index (χ0) is 10.7. The van der Waals surface area contributed by atoms with Crippen LogP contribution in [0.25, 0.3) is 0 Å². The third-order valence-corrected chi connectivity index (χ3v) is 4.35. The van der Waals surface area contributed by atoms with Gasteiger partial charge in [-0.05, 0) is 31.9 Å². The topological polar surface area (TPSA) is 23.8 Å². The van der Waals surface area contributed by atoms with Gasteiger partial charge in [-0.15, -0.1) is 11.8 Å². The number of hydrogen-bond donors (Lipinski definition) is 0. The molecular weight excluding hydrogens is 202 g/mol. The van der Waals surface area contributed by atoms with E-state index in [1.165, 1.54) is 23.3 Å². The molecule has 0 atom stereocenters. The van der Waals surface area contributed by atoms with E-state index in [0.29, 0.717) is 0 Å². The predicted octanol–water partition coefficient (Wildman–Crippen LogP) is 3.92. The van der Waals surface area contributed by atoms with Crippen molar-refractivity contribution in [2.45, 2.75) is 42.2 Å².